The summed E-state index contributed by atoms with van der Waals surface area (Å²) in [5, 5.41) is 20.6. The van der Waals surface area contributed by atoms with Crippen LogP contribution in [-0.4, -0.2) is 157 Å². The van der Waals surface area contributed by atoms with Gasteiger partial charge in [0.15, 0.2) is 0 Å². The average Bonchev–Trinajstić information content (AvgIpc) is 3.86. The molecule has 3 amide bonds. The summed E-state index contributed by atoms with van der Waals surface area (Å²) in [4.78, 5) is 62.2. The van der Waals surface area contributed by atoms with Crippen LogP contribution in [0.15, 0.2) is 67.1 Å². The number of esters is 1. The maximum Gasteiger partial charge on any atom is 0.407 e. The van der Waals surface area contributed by atoms with Crippen LogP contribution in [0.3, 0.4) is 0 Å². The van der Waals surface area contributed by atoms with Crippen LogP contribution in [0, 0.1) is 40.2 Å². The maximum atomic E-state index is 16.1. The van der Waals surface area contributed by atoms with Gasteiger partial charge in [0.05, 0.1) is 81.0 Å². The van der Waals surface area contributed by atoms with E-state index in [0.717, 1.165) is 62.3 Å². The van der Waals surface area contributed by atoms with E-state index in [1.807, 2.05) is 17.4 Å². The zero-order valence-electron chi connectivity index (χ0n) is 44.5. The lowest BCUT2D eigenvalue weighted by molar-refractivity contribution is -0.231. The number of likely N-dealkylation sites (N-methyl/N-ethyl adjacent to an activating group) is 1. The third-order valence-corrected chi connectivity index (χ3v) is 14.4. The second-order valence-corrected chi connectivity index (χ2v) is 20.6. The molecule has 6 atom stereocenters. The fraction of sp³-hybridized carbons (Fsp3) is 0.509. The minimum Gasteiger partial charge on any atom is -0.469 e. The first-order valence-electron chi connectivity index (χ1n) is 24.9. The van der Waals surface area contributed by atoms with Crippen molar-refractivity contribution in [1.29, 1.82) is 0 Å². The van der Waals surface area contributed by atoms with Gasteiger partial charge in [-0.05, 0) is 74.8 Å². The van der Waals surface area contributed by atoms with Gasteiger partial charge in [0, 0.05) is 60.8 Å². The molecule has 4 aromatic rings. The summed E-state index contributed by atoms with van der Waals surface area (Å²) in [6, 6.07) is 7.51. The summed E-state index contributed by atoms with van der Waals surface area (Å²) in [6.07, 6.45) is -14.6. The number of aliphatic hydroxyl groups is 1. The molecule has 4 heterocycles. The summed E-state index contributed by atoms with van der Waals surface area (Å²) in [5.41, 5.74) is -3.70. The molecule has 17 nitrogen and oxygen atoms in total. The van der Waals surface area contributed by atoms with Crippen LogP contribution < -0.4 is 21.0 Å². The topological polar surface area (TPSA) is 193 Å². The molecule has 2 aromatic heterocycles. The third kappa shape index (κ3) is 15.2. The Morgan fingerprint density at radius 3 is 1.98 bits per heavy atom. The lowest BCUT2D eigenvalue weighted by atomic mass is 9.75. The number of pyridine rings is 1. The molecular weight excluding hydrogens is 1080 g/mol. The summed E-state index contributed by atoms with van der Waals surface area (Å²) in [6.45, 7) is 2.07. The summed E-state index contributed by atoms with van der Waals surface area (Å²) in [7, 11) is 3.75. The molecule has 0 aliphatic carbocycles. The van der Waals surface area contributed by atoms with Gasteiger partial charge in [0.2, 0.25) is 11.8 Å². The number of ether oxygens (including phenoxy) is 3. The van der Waals surface area contributed by atoms with E-state index in [1.165, 1.54) is 12.1 Å². The normalized spacial score (nSPS) is 17.7. The predicted molar refractivity (Wildman–Crippen MR) is 268 cm³/mol. The first-order chi connectivity index (χ1) is 37.4. The van der Waals surface area contributed by atoms with Gasteiger partial charge >= 0.3 is 24.4 Å². The van der Waals surface area contributed by atoms with Crippen molar-refractivity contribution in [3.63, 3.8) is 0 Å². The fourth-order valence-electron chi connectivity index (χ4n) is 8.96. The van der Waals surface area contributed by atoms with Gasteiger partial charge in [-0.2, -0.15) is 31.4 Å². The van der Waals surface area contributed by atoms with Crippen molar-refractivity contribution in [2.45, 2.75) is 103 Å². The van der Waals surface area contributed by atoms with Crippen LogP contribution in [0.4, 0.5) is 54.5 Å². The third-order valence-electron chi connectivity index (χ3n) is 14.4. The first-order valence-corrected chi connectivity index (χ1v) is 24.9. The van der Waals surface area contributed by atoms with Gasteiger partial charge < -0.3 is 34.9 Å². The number of fused-ring (bicyclic) bond motifs is 2. The Hall–Kier alpha value is -7.02. The number of hydrogen-bond acceptors (Lipinski definition) is 13. The number of aromatic nitrogens is 3. The molecule has 2 saturated heterocycles. The number of amides is 3. The Balaban J connectivity index is 1.34. The van der Waals surface area contributed by atoms with Gasteiger partial charge in [-0.3, -0.25) is 29.4 Å². The molecule has 0 radical (unpaired) electrons. The van der Waals surface area contributed by atoms with E-state index < -0.39 is 127 Å². The van der Waals surface area contributed by atoms with Crippen molar-refractivity contribution >= 4 is 29.7 Å². The number of anilines is 1. The standard InChI is InChI=1S/C53H61F10N9O8/c1-50(2,52(58,59)60)38(19-45(74)78-6)47(75)68-72(25-37-39(54)17-33(18-40(37)55)34-21-65-71(22-34)27-43(56)57)26-42(73)41(66-48(76)46(67-49(77)79-7)51(3,4)53(61,62)63)16-31-11-8-30(9-12-31)10-13-32-14-15-44(64-20-32)70-23-35-28-80-29-36(24-70)69(35)5/h8-9,11-12,14-15,17-18,20-22,35-36,38,41-43,46,73H,16,19,23-29H2,1-7H3,(H,66,76)(H,67,77)(H,68,75)/t35?,36?,38-,41+,42+,46-/m1/s1. The number of methoxy groups -OCH3 is 2. The number of benzene rings is 2. The van der Waals surface area contributed by atoms with Crippen molar-refractivity contribution in [2.75, 3.05) is 59.0 Å². The number of alkyl halides is 8. The second-order valence-electron chi connectivity index (χ2n) is 20.6. The molecule has 6 rings (SSSR count). The molecule has 2 aromatic carbocycles. The number of nitrogens with zero attached hydrogens (tertiary/aromatic N) is 6. The molecule has 0 spiro atoms. The van der Waals surface area contributed by atoms with Gasteiger partial charge in [-0.25, -0.2) is 32.3 Å². The molecule has 2 bridgehead atoms. The van der Waals surface area contributed by atoms with E-state index in [1.54, 1.807) is 18.3 Å². The SMILES string of the molecule is COC(=O)C[C@H](C(=O)NN(Cc1c(F)cc(-c2cnn(CC(F)F)c2)cc1F)C[C@H](O)[C@H](Cc1ccc(C#Cc2ccc(N3CC4COCC(C3)N4C)nc2)cc1)NC(=O)[C@@H](NC(=O)OC)C(C)(C)C(F)(F)F)C(C)(C)C(F)(F)F. The van der Waals surface area contributed by atoms with Gasteiger partial charge in [0.25, 0.3) is 6.43 Å². The predicted octanol–water partition coefficient (Wildman–Crippen LogP) is 6.41. The minimum absolute atomic E-state index is 0.00925. The number of alkyl carbamates (subject to hydrolysis) is 1. The molecule has 4 N–H and O–H groups in total. The number of morpholine rings is 1. The Morgan fingerprint density at radius 1 is 0.825 bits per heavy atom. The van der Waals surface area contributed by atoms with Gasteiger partial charge in [-0.15, -0.1) is 0 Å². The number of aliphatic hydroxyl groups excluding tert-OH is 1. The van der Waals surface area contributed by atoms with Crippen molar-refractivity contribution in [2.24, 2.45) is 16.7 Å². The zero-order chi connectivity index (χ0) is 59.1. The van der Waals surface area contributed by atoms with E-state index >= 15 is 8.78 Å². The Bertz CT molecular complexity index is 2840. The number of hydrogen-bond donors (Lipinski definition) is 4. The first kappa shape index (κ1) is 62.2. The number of carbonyl (C=O) groups excluding carboxylic acids is 4. The quantitative estimate of drug-likeness (QED) is 0.0329. The summed E-state index contributed by atoms with van der Waals surface area (Å²) < 4.78 is 161. The minimum atomic E-state index is -5.17. The highest BCUT2D eigenvalue weighted by molar-refractivity contribution is 5.87. The molecule has 2 aliphatic rings. The number of halogens is 10. The monoisotopic (exact) mass is 1140 g/mol. The highest BCUT2D eigenvalue weighted by atomic mass is 19.4. The van der Waals surface area contributed by atoms with E-state index in [9.17, 15) is 59.4 Å². The highest BCUT2D eigenvalue weighted by Gasteiger charge is 2.57. The Morgan fingerprint density at radius 2 is 1.43 bits per heavy atom. The van der Waals surface area contributed by atoms with Crippen molar-refractivity contribution in [3.05, 3.63) is 101 Å². The maximum absolute atomic E-state index is 16.1. The summed E-state index contributed by atoms with van der Waals surface area (Å²) >= 11 is 0. The van der Waals surface area contributed by atoms with Crippen LogP contribution in [0.5, 0.6) is 0 Å². The number of piperazine rings is 1. The van der Waals surface area contributed by atoms with Gasteiger partial charge in [0.1, 0.15) is 30.0 Å². The van der Waals surface area contributed by atoms with Crippen LogP contribution in [0.25, 0.3) is 11.1 Å². The molecule has 27 heteroatoms. The van der Waals surface area contributed by atoms with Crippen LogP contribution >= 0.6 is 0 Å². The molecule has 436 valence electrons. The fourth-order valence-corrected chi connectivity index (χ4v) is 8.96. The van der Waals surface area contributed by atoms with Crippen LogP contribution in [-0.2, 0) is 48.1 Å². The van der Waals surface area contributed by atoms with Crippen molar-refractivity contribution in [3.8, 4) is 23.0 Å². The van der Waals surface area contributed by atoms with E-state index in [0.29, 0.717) is 57.0 Å². The Kier molecular flexibility index (Phi) is 19.9. The lowest BCUT2D eigenvalue weighted by Crippen LogP contribution is -2.63. The number of carbonyl (C=O) groups is 4. The molecule has 80 heavy (non-hydrogen) atoms. The Labute approximate surface area is 454 Å². The van der Waals surface area contributed by atoms with E-state index in [2.05, 4.69) is 59.0 Å². The molecular formula is C53H61F10N9O8. The summed E-state index contributed by atoms with van der Waals surface area (Å²) in [5.74, 6) is -2.59. The van der Waals surface area contributed by atoms with Gasteiger partial charge in [-0.1, -0.05) is 37.8 Å². The zero-order valence-corrected chi connectivity index (χ0v) is 44.5. The molecule has 2 unspecified atom stereocenters. The van der Waals surface area contributed by atoms with Crippen LogP contribution in [0.2, 0.25) is 0 Å². The number of hydrazine groups is 1. The molecule has 2 aliphatic heterocycles. The average molecular weight is 1140 g/mol. The highest BCUT2D eigenvalue weighted by Crippen LogP contribution is 2.45. The molecule has 0 saturated carbocycles. The number of nitrogens with one attached hydrogen (secondary N) is 3. The smallest absolute Gasteiger partial charge is 0.407 e. The van der Waals surface area contributed by atoms with Crippen LogP contribution in [0.1, 0.15) is 56.4 Å². The largest absolute Gasteiger partial charge is 0.469 e. The number of rotatable bonds is 20. The second kappa shape index (κ2) is 25.6. The molecule has 2 fully saturated rings. The van der Waals surface area contributed by atoms with E-state index in [-0.39, 0.29) is 28.8 Å². The van der Waals surface area contributed by atoms with E-state index in [4.69, 9.17) is 4.74 Å². The van der Waals surface area contributed by atoms with Crippen molar-refractivity contribution < 1.29 is 82.4 Å². The lowest BCUT2D eigenvalue weighted by Gasteiger charge is -2.48. The van der Waals surface area contributed by atoms with Crippen molar-refractivity contribution in [1.82, 2.24) is 40.7 Å².